The summed E-state index contributed by atoms with van der Waals surface area (Å²) in [7, 11) is -1.87. The van der Waals surface area contributed by atoms with Crippen molar-refractivity contribution in [2.45, 2.75) is 44.6 Å². The lowest BCUT2D eigenvalue weighted by molar-refractivity contribution is 0.356. The zero-order chi connectivity index (χ0) is 27.3. The number of pyridine rings is 1. The Balaban J connectivity index is 1.46. The van der Waals surface area contributed by atoms with E-state index >= 15 is 0 Å². The van der Waals surface area contributed by atoms with Crippen molar-refractivity contribution >= 4 is 15.8 Å². The monoisotopic (exact) mass is 533 g/mol. The summed E-state index contributed by atoms with van der Waals surface area (Å²) in [6.07, 6.45) is 4.43. The van der Waals surface area contributed by atoms with Gasteiger partial charge in [-0.15, -0.1) is 0 Å². The van der Waals surface area contributed by atoms with Crippen molar-refractivity contribution in [2.24, 2.45) is 0 Å². The first-order chi connectivity index (χ1) is 18.1. The number of anilines is 1. The number of hydrogen-bond acceptors (Lipinski definition) is 6. The molecule has 200 valence electrons. The fraction of sp³-hybridized carbons (Fsp3) is 0.310. The zero-order valence-electron chi connectivity index (χ0n) is 22.5. The van der Waals surface area contributed by atoms with E-state index in [1.165, 1.54) is 0 Å². The average molecular weight is 534 g/mol. The third kappa shape index (κ3) is 6.59. The van der Waals surface area contributed by atoms with Gasteiger partial charge in [-0.3, -0.25) is 4.68 Å². The summed E-state index contributed by atoms with van der Waals surface area (Å²) in [6, 6.07) is 18.7. The Hall–Kier alpha value is -3.69. The van der Waals surface area contributed by atoms with Crippen molar-refractivity contribution in [1.82, 2.24) is 19.5 Å². The summed E-state index contributed by atoms with van der Waals surface area (Å²) >= 11 is 0. The summed E-state index contributed by atoms with van der Waals surface area (Å²) in [6.45, 7) is 9.16. The third-order valence-corrected chi connectivity index (χ3v) is 7.58. The molecule has 4 aromatic rings. The van der Waals surface area contributed by atoms with Crippen molar-refractivity contribution in [2.75, 3.05) is 25.5 Å². The van der Waals surface area contributed by atoms with Crippen LogP contribution in [0, 0.1) is 6.92 Å². The Morgan fingerprint density at radius 3 is 2.45 bits per heavy atom. The summed E-state index contributed by atoms with van der Waals surface area (Å²) in [5.41, 5.74) is 4.63. The number of hydrogen-bond donors (Lipinski definition) is 2. The molecule has 0 unspecified atom stereocenters. The van der Waals surface area contributed by atoms with Crippen LogP contribution in [0.1, 0.15) is 32.8 Å². The molecule has 2 heterocycles. The Bertz CT molecular complexity index is 1490. The van der Waals surface area contributed by atoms with E-state index in [0.717, 1.165) is 33.7 Å². The van der Waals surface area contributed by atoms with Gasteiger partial charge in [0, 0.05) is 36.6 Å². The highest BCUT2D eigenvalue weighted by atomic mass is 32.2. The van der Waals surface area contributed by atoms with Crippen LogP contribution < -0.4 is 14.8 Å². The van der Waals surface area contributed by atoms with E-state index in [0.29, 0.717) is 25.3 Å². The maximum absolute atomic E-state index is 12.5. The second-order valence-electron chi connectivity index (χ2n) is 10.2. The number of benzene rings is 2. The summed E-state index contributed by atoms with van der Waals surface area (Å²) < 4.78 is 35.0. The van der Waals surface area contributed by atoms with E-state index in [1.54, 1.807) is 37.6 Å². The van der Waals surface area contributed by atoms with Gasteiger partial charge >= 0.3 is 0 Å². The van der Waals surface area contributed by atoms with Crippen LogP contribution in [0.5, 0.6) is 5.75 Å². The zero-order valence-corrected chi connectivity index (χ0v) is 23.3. The molecule has 0 aliphatic carbocycles. The predicted molar refractivity (Wildman–Crippen MR) is 152 cm³/mol. The SMILES string of the molecule is COc1cccc(-c2nn(C(C)(C)C)cc2-c2ccnc(NCCCNS(=O)(=O)c3ccc(C)cc3)c2)c1. The molecule has 4 rings (SSSR count). The van der Waals surface area contributed by atoms with E-state index < -0.39 is 10.0 Å². The highest BCUT2D eigenvalue weighted by Gasteiger charge is 2.20. The van der Waals surface area contributed by atoms with Crippen LogP contribution in [0.2, 0.25) is 0 Å². The first kappa shape index (κ1) is 27.3. The Morgan fingerprint density at radius 1 is 0.974 bits per heavy atom. The fourth-order valence-corrected chi connectivity index (χ4v) is 4.99. The molecule has 0 spiro atoms. The molecule has 0 saturated heterocycles. The van der Waals surface area contributed by atoms with Gasteiger partial charge in [0.15, 0.2) is 0 Å². The Kier molecular flexibility index (Phi) is 8.18. The first-order valence-corrected chi connectivity index (χ1v) is 14.1. The number of aryl methyl sites for hydroxylation is 1. The molecular formula is C29H35N5O3S. The minimum atomic E-state index is -3.52. The molecule has 0 fully saturated rings. The van der Waals surface area contributed by atoms with E-state index in [2.05, 4.69) is 42.0 Å². The van der Waals surface area contributed by atoms with E-state index in [4.69, 9.17) is 9.84 Å². The van der Waals surface area contributed by atoms with Gasteiger partial charge in [0.1, 0.15) is 17.3 Å². The number of ether oxygens (including phenoxy) is 1. The van der Waals surface area contributed by atoms with Crippen LogP contribution in [-0.4, -0.2) is 43.4 Å². The minimum absolute atomic E-state index is 0.189. The number of sulfonamides is 1. The van der Waals surface area contributed by atoms with Gasteiger partial charge in [0.05, 0.1) is 17.5 Å². The Morgan fingerprint density at radius 2 is 1.74 bits per heavy atom. The second-order valence-corrected chi connectivity index (χ2v) is 11.9. The van der Waals surface area contributed by atoms with Crippen molar-refractivity contribution < 1.29 is 13.2 Å². The van der Waals surface area contributed by atoms with Crippen molar-refractivity contribution in [3.8, 4) is 28.1 Å². The maximum Gasteiger partial charge on any atom is 0.240 e. The molecule has 2 aromatic heterocycles. The standard InChI is InChI=1S/C29H35N5O3S/c1-21-10-12-25(13-11-21)38(35,36)32-16-7-15-30-27-19-22(14-17-31-27)26-20-34(29(2,3)4)33-28(26)23-8-6-9-24(18-23)37-5/h6,8-14,17-20,32H,7,15-16H2,1-5H3,(H,30,31). The van der Waals surface area contributed by atoms with Gasteiger partial charge in [-0.1, -0.05) is 29.8 Å². The largest absolute Gasteiger partial charge is 0.497 e. The lowest BCUT2D eigenvalue weighted by Gasteiger charge is -2.18. The topological polar surface area (TPSA) is 98.1 Å². The quantitative estimate of drug-likeness (QED) is 0.263. The molecule has 0 atom stereocenters. The van der Waals surface area contributed by atoms with Gasteiger partial charge in [-0.25, -0.2) is 18.1 Å². The lowest BCUT2D eigenvalue weighted by atomic mass is 10.0. The molecular weight excluding hydrogens is 498 g/mol. The minimum Gasteiger partial charge on any atom is -0.497 e. The first-order valence-electron chi connectivity index (χ1n) is 12.6. The molecule has 2 aromatic carbocycles. The number of methoxy groups -OCH3 is 1. The van der Waals surface area contributed by atoms with Crippen LogP contribution in [0.25, 0.3) is 22.4 Å². The molecule has 0 aliphatic rings. The van der Waals surface area contributed by atoms with Gasteiger partial charge < -0.3 is 10.1 Å². The molecule has 8 nitrogen and oxygen atoms in total. The molecule has 38 heavy (non-hydrogen) atoms. The van der Waals surface area contributed by atoms with Crippen LogP contribution in [0.4, 0.5) is 5.82 Å². The highest BCUT2D eigenvalue weighted by Crippen LogP contribution is 2.34. The normalized spacial score (nSPS) is 11.9. The fourth-order valence-electron chi connectivity index (χ4n) is 3.92. The van der Waals surface area contributed by atoms with Crippen molar-refractivity contribution in [1.29, 1.82) is 0 Å². The van der Waals surface area contributed by atoms with Crippen LogP contribution in [-0.2, 0) is 15.6 Å². The highest BCUT2D eigenvalue weighted by molar-refractivity contribution is 7.89. The van der Waals surface area contributed by atoms with Crippen molar-refractivity contribution in [3.05, 3.63) is 78.6 Å². The predicted octanol–water partition coefficient (Wildman–Crippen LogP) is 5.46. The molecule has 2 N–H and O–H groups in total. The maximum atomic E-state index is 12.5. The number of nitrogens with zero attached hydrogens (tertiary/aromatic N) is 3. The van der Waals surface area contributed by atoms with Crippen molar-refractivity contribution in [3.63, 3.8) is 0 Å². The van der Waals surface area contributed by atoms with Crippen LogP contribution >= 0.6 is 0 Å². The molecule has 0 bridgehead atoms. The number of aromatic nitrogens is 3. The second kappa shape index (κ2) is 11.4. The van der Waals surface area contributed by atoms with Crippen LogP contribution in [0.3, 0.4) is 0 Å². The third-order valence-electron chi connectivity index (χ3n) is 6.10. The van der Waals surface area contributed by atoms with Crippen LogP contribution in [0.15, 0.2) is 78.0 Å². The average Bonchev–Trinajstić information content (AvgIpc) is 3.35. The molecule has 9 heteroatoms. The Labute approximate surface area is 225 Å². The summed E-state index contributed by atoms with van der Waals surface area (Å²) in [5, 5.41) is 8.24. The summed E-state index contributed by atoms with van der Waals surface area (Å²) in [4.78, 5) is 4.73. The molecule has 0 amide bonds. The van der Waals surface area contributed by atoms with Gasteiger partial charge in [-0.2, -0.15) is 5.10 Å². The van der Waals surface area contributed by atoms with Gasteiger partial charge in [0.25, 0.3) is 0 Å². The van der Waals surface area contributed by atoms with E-state index in [-0.39, 0.29) is 10.4 Å². The summed E-state index contributed by atoms with van der Waals surface area (Å²) in [5.74, 6) is 1.48. The number of nitrogens with one attached hydrogen (secondary N) is 2. The molecule has 0 saturated carbocycles. The molecule has 0 radical (unpaired) electrons. The molecule has 0 aliphatic heterocycles. The smallest absolute Gasteiger partial charge is 0.240 e. The lowest BCUT2D eigenvalue weighted by Crippen LogP contribution is -2.26. The van der Waals surface area contributed by atoms with Gasteiger partial charge in [-0.05, 0) is 76.1 Å². The van der Waals surface area contributed by atoms with Gasteiger partial charge in [0.2, 0.25) is 10.0 Å². The number of rotatable bonds is 10. The van der Waals surface area contributed by atoms with E-state index in [1.807, 2.05) is 48.0 Å². The van der Waals surface area contributed by atoms with E-state index in [9.17, 15) is 8.42 Å².